The molecule has 1 heterocycles. The number of pyridine rings is 1. The Bertz CT molecular complexity index is 981. The Morgan fingerprint density at radius 2 is 1.92 bits per heavy atom. The third kappa shape index (κ3) is 4.64. The van der Waals surface area contributed by atoms with Gasteiger partial charge < -0.3 is 15.0 Å². The first-order valence-corrected chi connectivity index (χ1v) is 8.67. The van der Waals surface area contributed by atoms with Crippen molar-refractivity contribution in [3.8, 4) is 5.75 Å². The minimum absolute atomic E-state index is 0.0419. The zero-order valence-corrected chi connectivity index (χ0v) is 15.1. The van der Waals surface area contributed by atoms with E-state index >= 15 is 0 Å². The summed E-state index contributed by atoms with van der Waals surface area (Å²) in [6.45, 7) is 2.25. The van der Waals surface area contributed by atoms with Crippen LogP contribution in [0.1, 0.15) is 11.1 Å². The monoisotopic (exact) mass is 370 g/mol. The van der Waals surface area contributed by atoms with Gasteiger partial charge in [0.25, 0.3) is 11.5 Å². The number of aryl methyl sites for hydroxylation is 1. The number of aromatic amines is 1. The van der Waals surface area contributed by atoms with E-state index in [0.717, 1.165) is 16.5 Å². The number of benzene rings is 2. The van der Waals surface area contributed by atoms with Crippen LogP contribution in [0.3, 0.4) is 0 Å². The van der Waals surface area contributed by atoms with Gasteiger partial charge in [-0.1, -0.05) is 17.7 Å². The molecule has 0 fully saturated rings. The summed E-state index contributed by atoms with van der Waals surface area (Å²) in [7, 11) is 0. The molecule has 6 heteroatoms. The number of hydrogen-bond acceptors (Lipinski definition) is 3. The van der Waals surface area contributed by atoms with Gasteiger partial charge in [0.1, 0.15) is 5.75 Å². The van der Waals surface area contributed by atoms with E-state index in [0.29, 0.717) is 29.3 Å². The summed E-state index contributed by atoms with van der Waals surface area (Å²) in [4.78, 5) is 26.3. The normalized spacial score (nSPS) is 10.7. The highest BCUT2D eigenvalue weighted by molar-refractivity contribution is 6.30. The fraction of sp³-hybridized carbons (Fsp3) is 0.200. The molecular weight excluding hydrogens is 352 g/mol. The molecule has 26 heavy (non-hydrogen) atoms. The van der Waals surface area contributed by atoms with E-state index in [4.69, 9.17) is 16.3 Å². The van der Waals surface area contributed by atoms with Gasteiger partial charge in [-0.05, 0) is 66.8 Å². The molecule has 0 aliphatic carbocycles. The maximum Gasteiger partial charge on any atom is 0.257 e. The quantitative estimate of drug-likeness (QED) is 0.699. The lowest BCUT2D eigenvalue weighted by molar-refractivity contribution is -0.123. The summed E-state index contributed by atoms with van der Waals surface area (Å²) in [5.41, 5.74) is 2.51. The zero-order valence-electron chi connectivity index (χ0n) is 14.3. The molecule has 0 unspecified atom stereocenters. The van der Waals surface area contributed by atoms with Crippen LogP contribution in [0.25, 0.3) is 10.9 Å². The zero-order chi connectivity index (χ0) is 18.5. The SMILES string of the molecule is Cc1cc2cc(CCNC(=O)COc3ccc(Cl)cc3)ccc2[nH]c1=O. The predicted octanol–water partition coefficient (Wildman–Crippen LogP) is 3.23. The van der Waals surface area contributed by atoms with Gasteiger partial charge >= 0.3 is 0 Å². The fourth-order valence-electron chi connectivity index (χ4n) is 2.60. The number of halogens is 1. The van der Waals surface area contributed by atoms with Crippen molar-refractivity contribution in [3.63, 3.8) is 0 Å². The molecule has 2 N–H and O–H groups in total. The average molecular weight is 371 g/mol. The van der Waals surface area contributed by atoms with Crippen LogP contribution in [-0.2, 0) is 11.2 Å². The number of carbonyl (C=O) groups excluding carboxylic acids is 1. The predicted molar refractivity (Wildman–Crippen MR) is 103 cm³/mol. The second-order valence-corrected chi connectivity index (χ2v) is 6.48. The molecule has 0 bridgehead atoms. The van der Waals surface area contributed by atoms with Crippen molar-refractivity contribution in [2.24, 2.45) is 0 Å². The van der Waals surface area contributed by atoms with Gasteiger partial charge in [-0.2, -0.15) is 0 Å². The van der Waals surface area contributed by atoms with Crippen LogP contribution in [-0.4, -0.2) is 24.0 Å². The summed E-state index contributed by atoms with van der Waals surface area (Å²) >= 11 is 5.80. The van der Waals surface area contributed by atoms with Gasteiger partial charge in [0.05, 0.1) is 0 Å². The second kappa shape index (κ2) is 8.06. The Balaban J connectivity index is 1.50. The Kier molecular flexibility index (Phi) is 5.58. The van der Waals surface area contributed by atoms with Crippen molar-refractivity contribution in [3.05, 3.63) is 75.0 Å². The number of carbonyl (C=O) groups is 1. The highest BCUT2D eigenvalue weighted by Crippen LogP contribution is 2.15. The van der Waals surface area contributed by atoms with E-state index in [2.05, 4.69) is 10.3 Å². The molecule has 0 spiro atoms. The molecule has 2 aromatic carbocycles. The van der Waals surface area contributed by atoms with Crippen molar-refractivity contribution in [2.75, 3.05) is 13.2 Å². The van der Waals surface area contributed by atoms with Crippen LogP contribution in [0.2, 0.25) is 5.02 Å². The first-order valence-electron chi connectivity index (χ1n) is 8.29. The van der Waals surface area contributed by atoms with Crippen LogP contribution in [0.5, 0.6) is 5.75 Å². The Morgan fingerprint density at radius 3 is 2.69 bits per heavy atom. The van der Waals surface area contributed by atoms with Crippen molar-refractivity contribution in [1.29, 1.82) is 0 Å². The van der Waals surface area contributed by atoms with Gasteiger partial charge in [-0.3, -0.25) is 9.59 Å². The van der Waals surface area contributed by atoms with E-state index in [1.54, 1.807) is 31.2 Å². The molecule has 134 valence electrons. The molecule has 0 atom stereocenters. The number of hydrogen-bond donors (Lipinski definition) is 2. The van der Waals surface area contributed by atoms with Crippen molar-refractivity contribution in [2.45, 2.75) is 13.3 Å². The molecule has 1 amide bonds. The molecule has 0 radical (unpaired) electrons. The molecule has 0 saturated heterocycles. The Morgan fingerprint density at radius 1 is 1.15 bits per heavy atom. The van der Waals surface area contributed by atoms with Gasteiger partial charge in [0.2, 0.25) is 0 Å². The van der Waals surface area contributed by atoms with Gasteiger partial charge in [-0.25, -0.2) is 0 Å². The van der Waals surface area contributed by atoms with Crippen LogP contribution < -0.4 is 15.6 Å². The molecular formula is C20H19ClN2O3. The van der Waals surface area contributed by atoms with Crippen LogP contribution in [0, 0.1) is 6.92 Å². The highest BCUT2D eigenvalue weighted by atomic mass is 35.5. The fourth-order valence-corrected chi connectivity index (χ4v) is 2.72. The van der Waals surface area contributed by atoms with E-state index < -0.39 is 0 Å². The topological polar surface area (TPSA) is 71.2 Å². The number of rotatable bonds is 6. The van der Waals surface area contributed by atoms with Crippen molar-refractivity contribution < 1.29 is 9.53 Å². The van der Waals surface area contributed by atoms with E-state index in [9.17, 15) is 9.59 Å². The number of H-pyrrole nitrogens is 1. The summed E-state index contributed by atoms with van der Waals surface area (Å²) in [6, 6.07) is 14.6. The van der Waals surface area contributed by atoms with Crippen molar-refractivity contribution >= 4 is 28.4 Å². The standard InChI is InChI=1S/C20H19ClN2O3/c1-13-10-15-11-14(2-7-18(15)23-20(13)25)8-9-22-19(24)12-26-17-5-3-16(21)4-6-17/h2-7,10-11H,8-9,12H2,1H3,(H,22,24)(H,23,25). The van der Waals surface area contributed by atoms with E-state index in [-0.39, 0.29) is 18.1 Å². The summed E-state index contributed by atoms with van der Waals surface area (Å²) < 4.78 is 5.40. The molecule has 5 nitrogen and oxygen atoms in total. The van der Waals surface area contributed by atoms with Gasteiger partial charge in [-0.15, -0.1) is 0 Å². The number of fused-ring (bicyclic) bond motifs is 1. The van der Waals surface area contributed by atoms with Crippen LogP contribution >= 0.6 is 11.6 Å². The maximum absolute atomic E-state index is 11.9. The highest BCUT2D eigenvalue weighted by Gasteiger charge is 2.04. The summed E-state index contributed by atoms with van der Waals surface area (Å²) in [5, 5.41) is 4.44. The third-order valence-electron chi connectivity index (χ3n) is 4.01. The molecule has 0 aliphatic heterocycles. The Labute approximate surface area is 156 Å². The van der Waals surface area contributed by atoms with Crippen molar-refractivity contribution in [1.82, 2.24) is 10.3 Å². The van der Waals surface area contributed by atoms with E-state index in [1.165, 1.54) is 0 Å². The van der Waals surface area contributed by atoms with Crippen LogP contribution in [0.4, 0.5) is 0 Å². The summed E-state index contributed by atoms with van der Waals surface area (Å²) in [6.07, 6.45) is 0.695. The largest absolute Gasteiger partial charge is 0.484 e. The third-order valence-corrected chi connectivity index (χ3v) is 4.27. The maximum atomic E-state index is 11.9. The molecule has 3 aromatic rings. The molecule has 0 saturated carbocycles. The average Bonchev–Trinajstić information content (AvgIpc) is 2.62. The molecule has 0 aliphatic rings. The lowest BCUT2D eigenvalue weighted by Gasteiger charge is -2.08. The minimum atomic E-state index is -0.180. The Hall–Kier alpha value is -2.79. The smallest absolute Gasteiger partial charge is 0.257 e. The van der Waals surface area contributed by atoms with Gasteiger partial charge in [0, 0.05) is 22.6 Å². The number of amides is 1. The lowest BCUT2D eigenvalue weighted by Crippen LogP contribution is -2.30. The first-order chi connectivity index (χ1) is 12.5. The molecule has 1 aromatic heterocycles. The first kappa shape index (κ1) is 18.0. The van der Waals surface area contributed by atoms with Crippen LogP contribution in [0.15, 0.2) is 53.3 Å². The number of nitrogens with one attached hydrogen (secondary N) is 2. The number of ether oxygens (including phenoxy) is 1. The van der Waals surface area contributed by atoms with Gasteiger partial charge in [0.15, 0.2) is 6.61 Å². The second-order valence-electron chi connectivity index (χ2n) is 6.05. The minimum Gasteiger partial charge on any atom is -0.484 e. The lowest BCUT2D eigenvalue weighted by atomic mass is 10.1. The molecule has 3 rings (SSSR count). The number of aromatic nitrogens is 1. The summed E-state index contributed by atoms with van der Waals surface area (Å²) in [5.74, 6) is 0.421. The van der Waals surface area contributed by atoms with E-state index in [1.807, 2.05) is 24.3 Å².